The van der Waals surface area contributed by atoms with Crippen LogP contribution in [0.4, 0.5) is 5.95 Å². The predicted molar refractivity (Wildman–Crippen MR) is 104 cm³/mol. The molecule has 2 fully saturated rings. The van der Waals surface area contributed by atoms with Gasteiger partial charge in [-0.15, -0.1) is 10.2 Å². The molecule has 0 radical (unpaired) electrons. The van der Waals surface area contributed by atoms with Gasteiger partial charge in [-0.2, -0.15) is 0 Å². The van der Waals surface area contributed by atoms with Crippen LogP contribution in [0, 0.1) is 0 Å². The minimum Gasteiger partial charge on any atom is -0.351 e. The smallest absolute Gasteiger partial charge is 0.230 e. The minimum atomic E-state index is -0.0250. The zero-order chi connectivity index (χ0) is 17.9. The van der Waals surface area contributed by atoms with Crippen LogP contribution in [0.5, 0.6) is 0 Å². The van der Waals surface area contributed by atoms with Crippen molar-refractivity contribution in [1.29, 1.82) is 0 Å². The maximum absolute atomic E-state index is 12.2. The molecule has 1 aromatic heterocycles. The lowest BCUT2D eigenvalue weighted by atomic mass is 10.2. The van der Waals surface area contributed by atoms with Crippen molar-refractivity contribution < 1.29 is 4.79 Å². The molecule has 1 aliphatic carbocycles. The summed E-state index contributed by atoms with van der Waals surface area (Å²) < 4.78 is 2.23. The van der Waals surface area contributed by atoms with Gasteiger partial charge in [-0.05, 0) is 37.3 Å². The van der Waals surface area contributed by atoms with E-state index in [1.807, 2.05) is 24.3 Å². The Bertz CT molecular complexity index is 786. The first-order valence-electron chi connectivity index (χ1n) is 9.05. The average Bonchev–Trinajstić information content (AvgIpc) is 3.17. The summed E-state index contributed by atoms with van der Waals surface area (Å²) in [5.74, 6) is 1.28. The van der Waals surface area contributed by atoms with E-state index in [-0.39, 0.29) is 5.91 Å². The van der Waals surface area contributed by atoms with Crippen molar-refractivity contribution in [3.8, 4) is 0 Å². The molecule has 2 heterocycles. The molecule has 138 valence electrons. The summed E-state index contributed by atoms with van der Waals surface area (Å²) in [6.45, 7) is 2.54. The average molecular weight is 392 g/mol. The van der Waals surface area contributed by atoms with Crippen molar-refractivity contribution in [3.63, 3.8) is 0 Å². The molecule has 1 saturated heterocycles. The van der Waals surface area contributed by atoms with E-state index >= 15 is 0 Å². The van der Waals surface area contributed by atoms with E-state index in [1.165, 1.54) is 37.4 Å². The molecule has 0 bridgehead atoms. The Morgan fingerprint density at radius 1 is 1.23 bits per heavy atom. The minimum absolute atomic E-state index is 0.0250. The standard InChI is InChI=1S/C18H22ClN5OS/c19-15-6-2-1-5-13(15)11-20-16(25)12-26-18-22-21-17(23-9-3-4-10-23)24(18)14-7-8-14/h1-2,5-6,14H,3-4,7-12H2,(H,20,25). The number of amides is 1. The van der Waals surface area contributed by atoms with Gasteiger partial charge in [0.1, 0.15) is 0 Å². The Labute approximate surface area is 162 Å². The summed E-state index contributed by atoms with van der Waals surface area (Å²) in [5, 5.41) is 13.2. The van der Waals surface area contributed by atoms with Gasteiger partial charge in [0.05, 0.1) is 5.75 Å². The molecule has 1 saturated carbocycles. The molecule has 0 spiro atoms. The van der Waals surface area contributed by atoms with E-state index in [0.29, 0.717) is 23.4 Å². The molecule has 4 rings (SSSR count). The normalized spacial score (nSPS) is 16.9. The fraction of sp³-hybridized carbons (Fsp3) is 0.500. The van der Waals surface area contributed by atoms with E-state index < -0.39 is 0 Å². The number of nitrogens with one attached hydrogen (secondary N) is 1. The van der Waals surface area contributed by atoms with Crippen LogP contribution in [0.2, 0.25) is 5.02 Å². The van der Waals surface area contributed by atoms with Crippen LogP contribution < -0.4 is 10.2 Å². The molecule has 0 unspecified atom stereocenters. The van der Waals surface area contributed by atoms with Gasteiger partial charge in [0.15, 0.2) is 5.16 Å². The number of nitrogens with zero attached hydrogens (tertiary/aromatic N) is 4. The Balaban J connectivity index is 1.35. The van der Waals surface area contributed by atoms with E-state index in [2.05, 4.69) is 25.0 Å². The maximum atomic E-state index is 12.2. The van der Waals surface area contributed by atoms with Crippen molar-refractivity contribution in [3.05, 3.63) is 34.9 Å². The van der Waals surface area contributed by atoms with Crippen molar-refractivity contribution in [2.24, 2.45) is 0 Å². The number of anilines is 1. The molecule has 6 nitrogen and oxygen atoms in total. The van der Waals surface area contributed by atoms with Crippen LogP contribution >= 0.6 is 23.4 Å². The van der Waals surface area contributed by atoms with Gasteiger partial charge in [0, 0.05) is 30.7 Å². The Hall–Kier alpha value is -1.73. The molecule has 1 aromatic carbocycles. The number of carbonyl (C=O) groups is 1. The molecule has 1 aliphatic heterocycles. The zero-order valence-electron chi connectivity index (χ0n) is 14.5. The molecular weight excluding hydrogens is 370 g/mol. The Morgan fingerprint density at radius 2 is 2.00 bits per heavy atom. The third-order valence-electron chi connectivity index (χ3n) is 4.71. The highest BCUT2D eigenvalue weighted by molar-refractivity contribution is 7.99. The fourth-order valence-electron chi connectivity index (χ4n) is 3.17. The maximum Gasteiger partial charge on any atom is 0.230 e. The highest BCUT2D eigenvalue weighted by Crippen LogP contribution is 2.41. The van der Waals surface area contributed by atoms with Crippen LogP contribution in [0.3, 0.4) is 0 Å². The first kappa shape index (κ1) is 17.7. The lowest BCUT2D eigenvalue weighted by Gasteiger charge is -2.17. The number of aromatic nitrogens is 3. The number of hydrogen-bond donors (Lipinski definition) is 1. The third-order valence-corrected chi connectivity index (χ3v) is 6.03. The summed E-state index contributed by atoms with van der Waals surface area (Å²) in [7, 11) is 0. The monoisotopic (exact) mass is 391 g/mol. The Morgan fingerprint density at radius 3 is 2.73 bits per heavy atom. The number of benzene rings is 1. The predicted octanol–water partition coefficient (Wildman–Crippen LogP) is 3.28. The fourth-order valence-corrected chi connectivity index (χ4v) is 4.20. The van der Waals surface area contributed by atoms with E-state index in [4.69, 9.17) is 11.6 Å². The number of thioether (sulfide) groups is 1. The SMILES string of the molecule is O=C(CSc1nnc(N2CCCC2)n1C1CC1)NCc1ccccc1Cl. The van der Waals surface area contributed by atoms with E-state index in [9.17, 15) is 4.79 Å². The lowest BCUT2D eigenvalue weighted by molar-refractivity contribution is -0.118. The van der Waals surface area contributed by atoms with Crippen molar-refractivity contribution in [1.82, 2.24) is 20.1 Å². The van der Waals surface area contributed by atoms with Crippen molar-refractivity contribution >= 4 is 35.2 Å². The highest BCUT2D eigenvalue weighted by atomic mass is 35.5. The number of halogens is 1. The molecule has 2 aliphatic rings. The summed E-state index contributed by atoms with van der Waals surface area (Å²) in [6.07, 6.45) is 4.77. The second-order valence-electron chi connectivity index (χ2n) is 6.73. The quantitative estimate of drug-likeness (QED) is 0.734. The van der Waals surface area contributed by atoms with E-state index in [1.54, 1.807) is 0 Å². The second-order valence-corrected chi connectivity index (χ2v) is 8.08. The lowest BCUT2D eigenvalue weighted by Crippen LogP contribution is -2.25. The van der Waals surface area contributed by atoms with Gasteiger partial charge >= 0.3 is 0 Å². The topological polar surface area (TPSA) is 63.1 Å². The molecule has 0 atom stereocenters. The van der Waals surface area contributed by atoms with Crippen molar-refractivity contribution in [2.45, 2.75) is 43.4 Å². The largest absolute Gasteiger partial charge is 0.351 e. The number of rotatable bonds is 7. The summed E-state index contributed by atoms with van der Waals surface area (Å²) >= 11 is 7.59. The molecule has 2 aromatic rings. The summed E-state index contributed by atoms with van der Waals surface area (Å²) in [4.78, 5) is 14.5. The van der Waals surface area contributed by atoms with Gasteiger partial charge < -0.3 is 10.2 Å². The second kappa shape index (κ2) is 7.88. The first-order valence-corrected chi connectivity index (χ1v) is 10.4. The Kier molecular flexibility index (Phi) is 5.36. The molecule has 1 N–H and O–H groups in total. The molecular formula is C18H22ClN5OS. The number of carbonyl (C=O) groups excluding carboxylic acids is 1. The summed E-state index contributed by atoms with van der Waals surface area (Å²) in [6, 6.07) is 8.04. The van der Waals surface area contributed by atoms with Crippen LogP contribution in [-0.2, 0) is 11.3 Å². The first-order chi connectivity index (χ1) is 12.7. The van der Waals surface area contributed by atoms with Gasteiger partial charge in [0.25, 0.3) is 0 Å². The van der Waals surface area contributed by atoms with Gasteiger partial charge in [-0.1, -0.05) is 41.6 Å². The van der Waals surface area contributed by atoms with Gasteiger partial charge in [-0.25, -0.2) is 0 Å². The summed E-state index contributed by atoms with van der Waals surface area (Å²) in [5.41, 5.74) is 0.921. The molecule has 26 heavy (non-hydrogen) atoms. The van der Waals surface area contributed by atoms with Crippen LogP contribution in [0.1, 0.15) is 37.3 Å². The number of hydrogen-bond acceptors (Lipinski definition) is 5. The van der Waals surface area contributed by atoms with Gasteiger partial charge in [-0.3, -0.25) is 9.36 Å². The molecule has 1 amide bonds. The third kappa shape index (κ3) is 3.99. The molecule has 8 heteroatoms. The van der Waals surface area contributed by atoms with Crippen molar-refractivity contribution in [2.75, 3.05) is 23.7 Å². The van der Waals surface area contributed by atoms with Crippen LogP contribution in [0.15, 0.2) is 29.4 Å². The zero-order valence-corrected chi connectivity index (χ0v) is 16.1. The van der Waals surface area contributed by atoms with E-state index in [0.717, 1.165) is 29.8 Å². The highest BCUT2D eigenvalue weighted by Gasteiger charge is 2.32. The van der Waals surface area contributed by atoms with Gasteiger partial charge in [0.2, 0.25) is 11.9 Å². The van der Waals surface area contributed by atoms with Crippen LogP contribution in [0.25, 0.3) is 0 Å². The van der Waals surface area contributed by atoms with Crippen LogP contribution in [-0.4, -0.2) is 39.5 Å².